The number of imidazole rings is 1. The second-order valence-corrected chi connectivity index (χ2v) is 8.69. The van der Waals surface area contributed by atoms with Crippen LogP contribution in [-0.4, -0.2) is 45.9 Å². The minimum absolute atomic E-state index is 0.115. The second kappa shape index (κ2) is 7.47. The first kappa shape index (κ1) is 18.6. The molecule has 152 valence electrons. The summed E-state index contributed by atoms with van der Waals surface area (Å²) in [6, 6.07) is 16.8. The second-order valence-electron chi connectivity index (χ2n) is 8.69. The summed E-state index contributed by atoms with van der Waals surface area (Å²) >= 11 is 0. The van der Waals surface area contributed by atoms with Crippen molar-refractivity contribution in [2.75, 3.05) is 20.2 Å². The van der Waals surface area contributed by atoms with Crippen LogP contribution in [0.2, 0.25) is 0 Å². The SMILES string of the molecule is COc1ccc(CN2C[C@H]3C[C@H](O)[C@@H](n4c(C)nc5ccccc54)C[C@H]3C2)cc1. The lowest BCUT2D eigenvalue weighted by Gasteiger charge is -2.36. The number of aromatic nitrogens is 2. The van der Waals surface area contributed by atoms with E-state index in [-0.39, 0.29) is 12.1 Å². The van der Waals surface area contributed by atoms with Gasteiger partial charge in [-0.15, -0.1) is 0 Å². The monoisotopic (exact) mass is 391 g/mol. The van der Waals surface area contributed by atoms with Gasteiger partial charge in [0.25, 0.3) is 0 Å². The van der Waals surface area contributed by atoms with Crippen molar-refractivity contribution in [3.05, 3.63) is 59.9 Å². The molecule has 1 aromatic heterocycles. The summed E-state index contributed by atoms with van der Waals surface area (Å²) in [7, 11) is 1.70. The third-order valence-corrected chi connectivity index (χ3v) is 6.85. The van der Waals surface area contributed by atoms with Crippen LogP contribution in [0.3, 0.4) is 0 Å². The van der Waals surface area contributed by atoms with Crippen LogP contribution < -0.4 is 4.74 Å². The van der Waals surface area contributed by atoms with Gasteiger partial charge < -0.3 is 14.4 Å². The minimum atomic E-state index is -0.312. The Hall–Kier alpha value is -2.37. The molecule has 2 aliphatic rings. The maximum atomic E-state index is 11.0. The standard InChI is InChI=1S/C24H29N3O2/c1-16-25-21-5-3-4-6-22(21)27(16)23-11-18-14-26(15-19(18)12-24(23)28)13-17-7-9-20(29-2)10-8-17/h3-10,18-19,23-24,28H,11-15H2,1-2H3/t18-,19+,23-,24-/m0/s1. The van der Waals surface area contributed by atoms with E-state index < -0.39 is 0 Å². The molecule has 3 aromatic rings. The Labute approximate surface area is 171 Å². The average Bonchev–Trinajstić information content (AvgIpc) is 3.26. The number of hydrogen-bond donors (Lipinski definition) is 1. The maximum absolute atomic E-state index is 11.0. The molecule has 1 saturated heterocycles. The van der Waals surface area contributed by atoms with Crippen molar-refractivity contribution < 1.29 is 9.84 Å². The molecule has 1 saturated carbocycles. The van der Waals surface area contributed by atoms with Crippen molar-refractivity contribution in [2.45, 2.75) is 38.5 Å². The van der Waals surface area contributed by atoms with Crippen molar-refractivity contribution in [3.63, 3.8) is 0 Å². The Balaban J connectivity index is 1.32. The summed E-state index contributed by atoms with van der Waals surface area (Å²) in [4.78, 5) is 7.27. The molecule has 4 atom stereocenters. The van der Waals surface area contributed by atoms with Crippen molar-refractivity contribution in [3.8, 4) is 5.75 Å². The molecule has 5 rings (SSSR count). The minimum Gasteiger partial charge on any atom is -0.497 e. The van der Waals surface area contributed by atoms with Crippen LogP contribution in [0.15, 0.2) is 48.5 Å². The van der Waals surface area contributed by atoms with Gasteiger partial charge in [-0.3, -0.25) is 4.90 Å². The number of fused-ring (bicyclic) bond motifs is 2. The van der Waals surface area contributed by atoms with Crippen molar-refractivity contribution in [1.29, 1.82) is 0 Å². The molecular formula is C24H29N3O2. The highest BCUT2D eigenvalue weighted by molar-refractivity contribution is 5.76. The summed E-state index contributed by atoms with van der Waals surface area (Å²) < 4.78 is 7.55. The first-order chi connectivity index (χ1) is 14.1. The highest BCUT2D eigenvalue weighted by Gasteiger charge is 2.42. The molecule has 1 aliphatic carbocycles. The van der Waals surface area contributed by atoms with Gasteiger partial charge in [0.15, 0.2) is 0 Å². The fraction of sp³-hybridized carbons (Fsp3) is 0.458. The molecule has 5 heteroatoms. The van der Waals surface area contributed by atoms with Gasteiger partial charge in [0.1, 0.15) is 11.6 Å². The zero-order chi connectivity index (χ0) is 20.0. The largest absolute Gasteiger partial charge is 0.497 e. The van der Waals surface area contributed by atoms with E-state index in [4.69, 9.17) is 9.72 Å². The molecule has 2 aromatic carbocycles. The van der Waals surface area contributed by atoms with Crippen LogP contribution in [0.25, 0.3) is 11.0 Å². The molecule has 29 heavy (non-hydrogen) atoms. The topological polar surface area (TPSA) is 50.5 Å². The molecule has 5 nitrogen and oxygen atoms in total. The fourth-order valence-electron chi connectivity index (χ4n) is 5.48. The van der Waals surface area contributed by atoms with Crippen LogP contribution in [0.1, 0.15) is 30.3 Å². The molecule has 2 fully saturated rings. The zero-order valence-electron chi connectivity index (χ0n) is 17.2. The summed E-state index contributed by atoms with van der Waals surface area (Å²) in [6.07, 6.45) is 1.58. The quantitative estimate of drug-likeness (QED) is 0.735. The first-order valence-corrected chi connectivity index (χ1v) is 10.6. The van der Waals surface area contributed by atoms with Gasteiger partial charge in [-0.2, -0.15) is 0 Å². The Morgan fingerprint density at radius 2 is 1.76 bits per heavy atom. The number of hydrogen-bond acceptors (Lipinski definition) is 4. The molecule has 0 spiro atoms. The van der Waals surface area contributed by atoms with E-state index in [1.807, 2.05) is 18.2 Å². The molecular weight excluding hydrogens is 362 g/mol. The van der Waals surface area contributed by atoms with Crippen LogP contribution >= 0.6 is 0 Å². The number of likely N-dealkylation sites (tertiary alicyclic amines) is 1. The van der Waals surface area contributed by atoms with E-state index in [0.717, 1.165) is 55.1 Å². The number of nitrogens with zero attached hydrogens (tertiary/aromatic N) is 3. The highest BCUT2D eigenvalue weighted by Crippen LogP contribution is 2.43. The number of aliphatic hydroxyl groups excluding tert-OH is 1. The molecule has 0 unspecified atom stereocenters. The van der Waals surface area contributed by atoms with E-state index in [1.54, 1.807) is 7.11 Å². The van der Waals surface area contributed by atoms with Crippen LogP contribution in [-0.2, 0) is 6.54 Å². The van der Waals surface area contributed by atoms with E-state index in [0.29, 0.717) is 11.8 Å². The smallest absolute Gasteiger partial charge is 0.118 e. The summed E-state index contributed by atoms with van der Waals surface area (Å²) in [5.41, 5.74) is 3.48. The number of aliphatic hydroxyl groups is 1. The number of methoxy groups -OCH3 is 1. The molecule has 1 N–H and O–H groups in total. The van der Waals surface area contributed by atoms with Gasteiger partial charge in [0.05, 0.1) is 30.3 Å². The Morgan fingerprint density at radius 3 is 2.52 bits per heavy atom. The lowest BCUT2D eigenvalue weighted by molar-refractivity contribution is 0.0366. The highest BCUT2D eigenvalue weighted by atomic mass is 16.5. The van der Waals surface area contributed by atoms with Crippen LogP contribution in [0, 0.1) is 18.8 Å². The van der Waals surface area contributed by atoms with Crippen molar-refractivity contribution in [2.24, 2.45) is 11.8 Å². The van der Waals surface area contributed by atoms with Crippen LogP contribution in [0.4, 0.5) is 0 Å². The summed E-state index contributed by atoms with van der Waals surface area (Å²) in [5, 5.41) is 11.0. The Bertz CT molecular complexity index is 997. The lowest BCUT2D eigenvalue weighted by atomic mass is 9.77. The Kier molecular flexibility index (Phi) is 4.80. The number of ether oxygens (including phenoxy) is 1. The van der Waals surface area contributed by atoms with Crippen molar-refractivity contribution >= 4 is 11.0 Å². The lowest BCUT2D eigenvalue weighted by Crippen LogP contribution is -2.36. The van der Waals surface area contributed by atoms with Gasteiger partial charge in [0, 0.05) is 19.6 Å². The number of aryl methyl sites for hydroxylation is 1. The van der Waals surface area contributed by atoms with Gasteiger partial charge in [-0.25, -0.2) is 4.98 Å². The third kappa shape index (κ3) is 3.43. The molecule has 0 bridgehead atoms. The molecule has 1 aliphatic heterocycles. The normalized spacial score (nSPS) is 27.3. The number of para-hydroxylation sites is 2. The van der Waals surface area contributed by atoms with Gasteiger partial charge in [-0.1, -0.05) is 24.3 Å². The van der Waals surface area contributed by atoms with Crippen molar-refractivity contribution in [1.82, 2.24) is 14.5 Å². The van der Waals surface area contributed by atoms with Gasteiger partial charge in [0.2, 0.25) is 0 Å². The van der Waals surface area contributed by atoms with Crippen LogP contribution in [0.5, 0.6) is 5.75 Å². The summed E-state index contributed by atoms with van der Waals surface area (Å²) in [6.45, 7) is 5.20. The van der Waals surface area contributed by atoms with Gasteiger partial charge in [-0.05, 0) is 61.4 Å². The number of rotatable bonds is 4. The molecule has 0 radical (unpaired) electrons. The first-order valence-electron chi connectivity index (χ1n) is 10.6. The van der Waals surface area contributed by atoms with E-state index in [9.17, 15) is 5.11 Å². The zero-order valence-corrected chi connectivity index (χ0v) is 17.2. The van der Waals surface area contributed by atoms with E-state index >= 15 is 0 Å². The van der Waals surface area contributed by atoms with E-state index in [1.165, 1.54) is 5.56 Å². The maximum Gasteiger partial charge on any atom is 0.118 e. The number of benzene rings is 2. The molecule has 0 amide bonds. The molecule has 2 heterocycles. The predicted octanol–water partition coefficient (Wildman–Crippen LogP) is 3.80. The third-order valence-electron chi connectivity index (χ3n) is 6.85. The van der Waals surface area contributed by atoms with E-state index in [2.05, 4.69) is 46.7 Å². The fourth-order valence-corrected chi connectivity index (χ4v) is 5.48. The van der Waals surface area contributed by atoms with Gasteiger partial charge >= 0.3 is 0 Å². The Morgan fingerprint density at radius 1 is 1.03 bits per heavy atom. The predicted molar refractivity (Wildman–Crippen MR) is 114 cm³/mol. The summed E-state index contributed by atoms with van der Waals surface area (Å²) in [5.74, 6) is 3.11. The average molecular weight is 392 g/mol.